The molecule has 5 nitrogen and oxygen atoms in total. The Morgan fingerprint density at radius 3 is 2.21 bits per heavy atom. The first kappa shape index (κ1) is 13.2. The third-order valence-corrected chi connectivity index (χ3v) is 4.74. The van der Waals surface area contributed by atoms with Crippen molar-refractivity contribution in [2.24, 2.45) is 0 Å². The van der Waals surface area contributed by atoms with Crippen LogP contribution in [0, 0.1) is 0 Å². The van der Waals surface area contributed by atoms with Crippen LogP contribution in [-0.2, 0) is 4.74 Å². The molecule has 0 aromatic rings. The minimum atomic E-state index is 0.249. The van der Waals surface area contributed by atoms with E-state index in [1.807, 2.05) is 4.90 Å². The van der Waals surface area contributed by atoms with Crippen molar-refractivity contribution >= 4 is 6.03 Å². The number of ether oxygens (including phenoxy) is 1. The van der Waals surface area contributed by atoms with Gasteiger partial charge in [-0.3, -0.25) is 4.90 Å². The lowest BCUT2D eigenvalue weighted by molar-refractivity contribution is 0.0203. The van der Waals surface area contributed by atoms with Crippen LogP contribution >= 0.6 is 0 Å². The summed E-state index contributed by atoms with van der Waals surface area (Å²) >= 11 is 0. The van der Waals surface area contributed by atoms with E-state index in [4.69, 9.17) is 4.74 Å². The number of urea groups is 1. The van der Waals surface area contributed by atoms with Gasteiger partial charge in [-0.1, -0.05) is 0 Å². The van der Waals surface area contributed by atoms with Gasteiger partial charge >= 0.3 is 6.03 Å². The van der Waals surface area contributed by atoms with Crippen LogP contribution in [0.5, 0.6) is 0 Å². The quantitative estimate of drug-likeness (QED) is 0.711. The molecule has 3 aliphatic heterocycles. The van der Waals surface area contributed by atoms with Gasteiger partial charge < -0.3 is 14.5 Å². The zero-order valence-electron chi connectivity index (χ0n) is 12.0. The van der Waals surface area contributed by atoms with Crippen LogP contribution in [0.1, 0.15) is 26.7 Å². The number of rotatable bonds is 1. The summed E-state index contributed by atoms with van der Waals surface area (Å²) < 4.78 is 5.33. The number of carbonyl (C=O) groups is 1. The summed E-state index contributed by atoms with van der Waals surface area (Å²) in [5, 5.41) is 0. The summed E-state index contributed by atoms with van der Waals surface area (Å²) in [7, 11) is 0. The Labute approximate surface area is 115 Å². The van der Waals surface area contributed by atoms with Crippen molar-refractivity contribution in [3.8, 4) is 0 Å². The van der Waals surface area contributed by atoms with E-state index in [1.165, 1.54) is 12.8 Å². The number of fused-ring (bicyclic) bond motifs is 2. The number of piperazine rings is 1. The van der Waals surface area contributed by atoms with Gasteiger partial charge in [0.25, 0.3) is 0 Å². The molecule has 0 aromatic heterocycles. The van der Waals surface area contributed by atoms with Crippen molar-refractivity contribution in [1.82, 2.24) is 14.7 Å². The number of hydrogen-bond acceptors (Lipinski definition) is 3. The Hall–Kier alpha value is -0.810. The second-order valence-electron chi connectivity index (χ2n) is 6.22. The molecule has 0 aromatic carbocycles. The summed E-state index contributed by atoms with van der Waals surface area (Å²) in [5.74, 6) is 0. The predicted octanol–water partition coefficient (Wildman–Crippen LogP) is 0.996. The Kier molecular flexibility index (Phi) is 3.67. The second kappa shape index (κ2) is 5.29. The average molecular weight is 267 g/mol. The van der Waals surface area contributed by atoms with Crippen LogP contribution < -0.4 is 0 Å². The molecule has 0 aliphatic carbocycles. The zero-order valence-corrected chi connectivity index (χ0v) is 12.0. The minimum absolute atomic E-state index is 0.249. The maximum atomic E-state index is 12.7. The van der Waals surface area contributed by atoms with Gasteiger partial charge in [-0.15, -0.1) is 0 Å². The van der Waals surface area contributed by atoms with Crippen LogP contribution in [0.4, 0.5) is 4.79 Å². The first-order valence-electron chi connectivity index (χ1n) is 7.56. The van der Waals surface area contributed by atoms with E-state index < -0.39 is 0 Å². The summed E-state index contributed by atoms with van der Waals surface area (Å²) in [4.78, 5) is 19.3. The standard InChI is InChI=1S/C14H25N3O2/c1-11(2)16-9-12-3-4-13(10-16)17(12)14(18)15-5-7-19-8-6-15/h11-13H,3-10H2,1-2H3/t12-,13+. The highest BCUT2D eigenvalue weighted by Gasteiger charge is 2.44. The molecule has 19 heavy (non-hydrogen) atoms. The smallest absolute Gasteiger partial charge is 0.320 e. The highest BCUT2D eigenvalue weighted by atomic mass is 16.5. The number of morpholine rings is 1. The summed E-state index contributed by atoms with van der Waals surface area (Å²) in [5.41, 5.74) is 0. The van der Waals surface area contributed by atoms with Crippen LogP contribution in [0.15, 0.2) is 0 Å². The fourth-order valence-corrected chi connectivity index (χ4v) is 3.59. The molecule has 5 heteroatoms. The van der Waals surface area contributed by atoms with Crippen molar-refractivity contribution < 1.29 is 9.53 Å². The summed E-state index contributed by atoms with van der Waals surface area (Å²) in [6.45, 7) is 9.47. The maximum absolute atomic E-state index is 12.7. The third-order valence-electron chi connectivity index (χ3n) is 4.74. The van der Waals surface area contributed by atoms with Gasteiger partial charge in [0.05, 0.1) is 13.2 Å². The van der Waals surface area contributed by atoms with Crippen molar-refractivity contribution in [2.45, 2.75) is 44.8 Å². The summed E-state index contributed by atoms with van der Waals surface area (Å²) in [6, 6.07) is 1.69. The molecule has 0 spiro atoms. The van der Waals surface area contributed by atoms with Crippen LogP contribution in [0.25, 0.3) is 0 Å². The number of carbonyl (C=O) groups excluding carboxylic acids is 1. The highest BCUT2D eigenvalue weighted by Crippen LogP contribution is 2.32. The first-order chi connectivity index (χ1) is 9.16. The van der Waals surface area contributed by atoms with Crippen molar-refractivity contribution in [2.75, 3.05) is 39.4 Å². The number of nitrogens with zero attached hydrogens (tertiary/aromatic N) is 3. The van der Waals surface area contributed by atoms with Gasteiger partial charge in [-0.05, 0) is 26.7 Å². The highest BCUT2D eigenvalue weighted by molar-refractivity contribution is 5.76. The zero-order chi connectivity index (χ0) is 13.4. The molecule has 108 valence electrons. The molecule has 3 aliphatic rings. The fourth-order valence-electron chi connectivity index (χ4n) is 3.59. The summed E-state index contributed by atoms with van der Waals surface area (Å²) in [6.07, 6.45) is 2.34. The molecule has 0 N–H and O–H groups in total. The topological polar surface area (TPSA) is 36.0 Å². The van der Waals surface area contributed by atoms with Gasteiger partial charge in [0, 0.05) is 44.3 Å². The molecule has 2 amide bonds. The second-order valence-corrected chi connectivity index (χ2v) is 6.22. The normalized spacial score (nSPS) is 32.2. The predicted molar refractivity (Wildman–Crippen MR) is 73.1 cm³/mol. The molecule has 2 atom stereocenters. The molecule has 3 fully saturated rings. The Morgan fingerprint density at radius 1 is 1.11 bits per heavy atom. The van der Waals surface area contributed by atoms with Gasteiger partial charge in [0.1, 0.15) is 0 Å². The lowest BCUT2D eigenvalue weighted by Gasteiger charge is -2.44. The number of hydrogen-bond donors (Lipinski definition) is 0. The lowest BCUT2D eigenvalue weighted by Crippen LogP contribution is -2.60. The van der Waals surface area contributed by atoms with Gasteiger partial charge in [-0.2, -0.15) is 0 Å². The Bertz CT molecular complexity index is 328. The van der Waals surface area contributed by atoms with Gasteiger partial charge in [-0.25, -0.2) is 4.79 Å². The molecule has 0 saturated carbocycles. The lowest BCUT2D eigenvalue weighted by atomic mass is 10.1. The first-order valence-corrected chi connectivity index (χ1v) is 7.56. The molecule has 0 unspecified atom stereocenters. The van der Waals surface area contributed by atoms with E-state index in [0.29, 0.717) is 31.3 Å². The van der Waals surface area contributed by atoms with E-state index in [9.17, 15) is 4.79 Å². The van der Waals surface area contributed by atoms with E-state index in [-0.39, 0.29) is 6.03 Å². The molecular formula is C14H25N3O2. The van der Waals surface area contributed by atoms with E-state index >= 15 is 0 Å². The van der Waals surface area contributed by atoms with Crippen LogP contribution in [0.2, 0.25) is 0 Å². The number of likely N-dealkylation sites (tertiary alicyclic amines) is 1. The Balaban J connectivity index is 1.67. The van der Waals surface area contributed by atoms with Gasteiger partial charge in [0.15, 0.2) is 0 Å². The SMILES string of the molecule is CC(C)N1C[C@H]2CC[C@@H](C1)N2C(=O)N1CCOCC1. The monoisotopic (exact) mass is 267 g/mol. The molecule has 3 saturated heterocycles. The van der Waals surface area contributed by atoms with E-state index in [1.54, 1.807) is 0 Å². The largest absolute Gasteiger partial charge is 0.378 e. The molecule has 0 radical (unpaired) electrons. The van der Waals surface area contributed by atoms with Gasteiger partial charge in [0.2, 0.25) is 0 Å². The van der Waals surface area contributed by atoms with Crippen LogP contribution in [-0.4, -0.2) is 78.2 Å². The van der Waals surface area contributed by atoms with Crippen molar-refractivity contribution in [1.29, 1.82) is 0 Å². The molecule has 2 bridgehead atoms. The van der Waals surface area contributed by atoms with E-state index in [2.05, 4.69) is 23.6 Å². The third kappa shape index (κ3) is 2.46. The van der Waals surface area contributed by atoms with Crippen LogP contribution in [0.3, 0.4) is 0 Å². The number of amides is 2. The molecule has 3 rings (SSSR count). The van der Waals surface area contributed by atoms with Crippen molar-refractivity contribution in [3.05, 3.63) is 0 Å². The minimum Gasteiger partial charge on any atom is -0.378 e. The van der Waals surface area contributed by atoms with E-state index in [0.717, 1.165) is 26.2 Å². The van der Waals surface area contributed by atoms with Crippen molar-refractivity contribution in [3.63, 3.8) is 0 Å². The fraction of sp³-hybridized carbons (Fsp3) is 0.929. The molecule has 3 heterocycles. The maximum Gasteiger partial charge on any atom is 0.320 e. The average Bonchev–Trinajstić information content (AvgIpc) is 2.68. The Morgan fingerprint density at radius 2 is 1.68 bits per heavy atom. The molecular weight excluding hydrogens is 242 g/mol.